The molecule has 1 aromatic heterocycles. The minimum atomic E-state index is -1.16. The van der Waals surface area contributed by atoms with E-state index in [1.54, 1.807) is 55.1 Å². The number of nitrogens with zero attached hydrogens (tertiary/aromatic N) is 3. The van der Waals surface area contributed by atoms with Crippen LogP contribution in [-0.2, 0) is 4.79 Å². The predicted molar refractivity (Wildman–Crippen MR) is 117 cm³/mol. The molecule has 3 rings (SSSR count). The second-order valence-corrected chi connectivity index (χ2v) is 8.85. The van der Waals surface area contributed by atoms with E-state index in [4.69, 9.17) is 16.3 Å². The van der Waals surface area contributed by atoms with Gasteiger partial charge in [0.1, 0.15) is 17.1 Å². The van der Waals surface area contributed by atoms with Crippen LogP contribution in [0.4, 0.5) is 9.52 Å². The smallest absolute Gasteiger partial charge is 0.272 e. The van der Waals surface area contributed by atoms with Crippen molar-refractivity contribution < 1.29 is 13.9 Å². The quantitative estimate of drug-likeness (QED) is 0.532. The first-order valence-corrected chi connectivity index (χ1v) is 10.3. The van der Waals surface area contributed by atoms with Crippen molar-refractivity contribution in [2.24, 2.45) is 0 Å². The van der Waals surface area contributed by atoms with Crippen molar-refractivity contribution in [3.05, 3.63) is 53.3 Å². The maximum Gasteiger partial charge on any atom is 0.272 e. The van der Waals surface area contributed by atoms with Crippen LogP contribution < -0.4 is 9.64 Å². The zero-order valence-corrected chi connectivity index (χ0v) is 18.4. The summed E-state index contributed by atoms with van der Waals surface area (Å²) < 4.78 is 20.8. The molecule has 3 aromatic rings. The summed E-state index contributed by atoms with van der Waals surface area (Å²) in [5, 5.41) is 1.04. The number of halogens is 2. The minimum Gasteiger partial charge on any atom is -0.478 e. The Morgan fingerprint density at radius 2 is 1.86 bits per heavy atom. The van der Waals surface area contributed by atoms with Crippen LogP contribution in [0, 0.1) is 5.82 Å². The van der Waals surface area contributed by atoms with Crippen LogP contribution in [0.1, 0.15) is 13.8 Å². The topological polar surface area (TPSA) is 45.7 Å². The number of amides is 1. The summed E-state index contributed by atoms with van der Waals surface area (Å²) in [6, 6.07) is 11.6. The Hall–Kier alpha value is -2.22. The lowest BCUT2D eigenvalue weighted by Gasteiger charge is -2.31. The molecule has 1 amide bonds. The molecule has 0 atom stereocenters. The maximum absolute atomic E-state index is 14.1. The molecular formula is C21H23ClFN3O2S. The zero-order chi connectivity index (χ0) is 21.2. The number of fused-ring (bicyclic) bond motifs is 1. The molecule has 0 N–H and O–H groups in total. The molecule has 0 fully saturated rings. The van der Waals surface area contributed by atoms with Gasteiger partial charge in [-0.15, -0.1) is 0 Å². The number of para-hydroxylation sites is 1. The van der Waals surface area contributed by atoms with Gasteiger partial charge in [0.2, 0.25) is 0 Å². The van der Waals surface area contributed by atoms with Gasteiger partial charge in [-0.1, -0.05) is 29.0 Å². The molecule has 0 aliphatic carbocycles. The summed E-state index contributed by atoms with van der Waals surface area (Å²) in [5.74, 6) is -0.119. The first-order valence-electron chi connectivity index (χ1n) is 9.14. The van der Waals surface area contributed by atoms with E-state index in [0.717, 1.165) is 0 Å². The molecule has 29 heavy (non-hydrogen) atoms. The normalized spacial score (nSPS) is 11.8. The van der Waals surface area contributed by atoms with Crippen molar-refractivity contribution in [2.75, 3.05) is 32.1 Å². The van der Waals surface area contributed by atoms with E-state index in [9.17, 15) is 9.18 Å². The third-order valence-corrected chi connectivity index (χ3v) is 5.60. The van der Waals surface area contributed by atoms with Crippen LogP contribution in [0.25, 0.3) is 10.2 Å². The third kappa shape index (κ3) is 5.04. The van der Waals surface area contributed by atoms with Gasteiger partial charge in [-0.2, -0.15) is 0 Å². The molecule has 0 bridgehead atoms. The number of anilines is 1. The van der Waals surface area contributed by atoms with Gasteiger partial charge < -0.3 is 9.64 Å². The number of carbonyl (C=O) groups is 1. The Labute approximate surface area is 178 Å². The van der Waals surface area contributed by atoms with E-state index in [1.807, 2.05) is 19.0 Å². The van der Waals surface area contributed by atoms with Gasteiger partial charge >= 0.3 is 0 Å². The number of benzene rings is 2. The standard InChI is InChI=1S/C21H23ClFN3O2S/c1-21(2,28-15-10-8-14(22)9-11-15)19(27)26(13-12-25(3)4)20-24-18-16(23)6-5-7-17(18)29-20/h5-11H,12-13H2,1-4H3. The molecule has 0 aliphatic rings. The number of ether oxygens (including phenoxy) is 1. The monoisotopic (exact) mass is 435 g/mol. The Kier molecular flexibility index (Phi) is 6.41. The first-order chi connectivity index (χ1) is 13.7. The number of rotatable bonds is 7. The average Bonchev–Trinajstić information content (AvgIpc) is 3.08. The van der Waals surface area contributed by atoms with Gasteiger partial charge in [-0.25, -0.2) is 9.37 Å². The van der Waals surface area contributed by atoms with Gasteiger partial charge in [0.15, 0.2) is 10.7 Å². The lowest BCUT2D eigenvalue weighted by atomic mass is 10.1. The highest BCUT2D eigenvalue weighted by atomic mass is 35.5. The maximum atomic E-state index is 14.1. The van der Waals surface area contributed by atoms with Crippen LogP contribution >= 0.6 is 22.9 Å². The molecule has 8 heteroatoms. The van der Waals surface area contributed by atoms with Crippen molar-refractivity contribution in [1.82, 2.24) is 9.88 Å². The second kappa shape index (κ2) is 8.65. The molecular weight excluding hydrogens is 413 g/mol. The Morgan fingerprint density at radius 1 is 1.17 bits per heavy atom. The highest BCUT2D eigenvalue weighted by Gasteiger charge is 2.36. The van der Waals surface area contributed by atoms with Crippen LogP contribution in [0.15, 0.2) is 42.5 Å². The lowest BCUT2D eigenvalue weighted by Crippen LogP contribution is -2.50. The fraction of sp³-hybridized carbons (Fsp3) is 0.333. The molecule has 1 heterocycles. The largest absolute Gasteiger partial charge is 0.478 e. The summed E-state index contributed by atoms with van der Waals surface area (Å²) in [5.41, 5.74) is -0.886. The summed E-state index contributed by atoms with van der Waals surface area (Å²) in [7, 11) is 3.85. The summed E-state index contributed by atoms with van der Waals surface area (Å²) >= 11 is 7.21. The van der Waals surface area contributed by atoms with Crippen molar-refractivity contribution in [3.63, 3.8) is 0 Å². The molecule has 0 saturated heterocycles. The Balaban J connectivity index is 1.92. The number of thiazole rings is 1. The molecule has 0 saturated carbocycles. The summed E-state index contributed by atoms with van der Waals surface area (Å²) in [4.78, 5) is 21.4. The fourth-order valence-corrected chi connectivity index (χ4v) is 3.90. The summed E-state index contributed by atoms with van der Waals surface area (Å²) in [6.45, 7) is 4.45. The average molecular weight is 436 g/mol. The number of carbonyl (C=O) groups excluding carboxylic acids is 1. The summed E-state index contributed by atoms with van der Waals surface area (Å²) in [6.07, 6.45) is 0. The Bertz CT molecular complexity index is 1000. The second-order valence-electron chi connectivity index (χ2n) is 7.41. The lowest BCUT2D eigenvalue weighted by molar-refractivity contribution is -0.131. The van der Waals surface area contributed by atoms with Crippen LogP contribution in [-0.4, -0.2) is 48.6 Å². The van der Waals surface area contributed by atoms with Crippen LogP contribution in [0.3, 0.4) is 0 Å². The highest BCUT2D eigenvalue weighted by Crippen LogP contribution is 2.32. The zero-order valence-electron chi connectivity index (χ0n) is 16.8. The molecule has 0 aliphatic heterocycles. The van der Waals surface area contributed by atoms with Crippen LogP contribution in [0.2, 0.25) is 5.02 Å². The number of likely N-dealkylation sites (N-methyl/N-ethyl adjacent to an activating group) is 1. The molecule has 5 nitrogen and oxygen atoms in total. The Morgan fingerprint density at radius 3 is 2.48 bits per heavy atom. The van der Waals surface area contributed by atoms with Crippen LogP contribution in [0.5, 0.6) is 5.75 Å². The number of hydrogen-bond acceptors (Lipinski definition) is 5. The van der Waals surface area contributed by atoms with Gasteiger partial charge in [0, 0.05) is 18.1 Å². The molecule has 0 radical (unpaired) electrons. The number of aromatic nitrogens is 1. The molecule has 154 valence electrons. The predicted octanol–water partition coefficient (Wildman–Crippen LogP) is 4.84. The van der Waals surface area contributed by atoms with E-state index in [1.165, 1.54) is 17.4 Å². The SMILES string of the molecule is CN(C)CCN(C(=O)C(C)(C)Oc1ccc(Cl)cc1)c1nc2c(F)cccc2s1. The molecule has 0 unspecified atom stereocenters. The highest BCUT2D eigenvalue weighted by molar-refractivity contribution is 7.22. The first kappa shape index (κ1) is 21.5. The van der Waals surface area contributed by atoms with Crippen molar-refractivity contribution in [1.29, 1.82) is 0 Å². The van der Waals surface area contributed by atoms with Crippen molar-refractivity contribution in [3.8, 4) is 5.75 Å². The van der Waals surface area contributed by atoms with Gasteiger partial charge in [-0.05, 0) is 64.3 Å². The molecule has 0 spiro atoms. The third-order valence-electron chi connectivity index (χ3n) is 4.31. The van der Waals surface area contributed by atoms with E-state index in [2.05, 4.69) is 4.98 Å². The van der Waals surface area contributed by atoms with Crippen molar-refractivity contribution in [2.45, 2.75) is 19.4 Å². The van der Waals surface area contributed by atoms with E-state index < -0.39 is 11.4 Å². The van der Waals surface area contributed by atoms with Gasteiger partial charge in [0.05, 0.1) is 4.70 Å². The van der Waals surface area contributed by atoms with Gasteiger partial charge in [-0.3, -0.25) is 9.69 Å². The van der Waals surface area contributed by atoms with E-state index in [-0.39, 0.29) is 11.4 Å². The minimum absolute atomic E-state index is 0.256. The van der Waals surface area contributed by atoms with Crippen molar-refractivity contribution >= 4 is 44.2 Å². The number of hydrogen-bond donors (Lipinski definition) is 0. The fourth-order valence-electron chi connectivity index (χ4n) is 2.77. The molecule has 2 aromatic carbocycles. The van der Waals surface area contributed by atoms with Gasteiger partial charge in [0.25, 0.3) is 5.91 Å². The van der Waals surface area contributed by atoms with E-state index >= 15 is 0 Å². The van der Waals surface area contributed by atoms with E-state index in [0.29, 0.717) is 33.7 Å².